The van der Waals surface area contributed by atoms with Gasteiger partial charge < -0.3 is 10.4 Å². The standard InChI is InChI=1S/C10H20N2O4S/c1-2-12(17(15,16)8-10(13)14)7-9-5-3-4-6-11-9/h9,11H,2-8H2,1H3,(H,13,14). The minimum absolute atomic E-state index is 0.146. The number of rotatable bonds is 6. The molecule has 0 spiro atoms. The largest absolute Gasteiger partial charge is 0.480 e. The quantitative estimate of drug-likeness (QED) is 0.697. The van der Waals surface area contributed by atoms with E-state index in [9.17, 15) is 13.2 Å². The molecule has 1 fully saturated rings. The topological polar surface area (TPSA) is 86.7 Å². The molecule has 0 radical (unpaired) electrons. The van der Waals surface area contributed by atoms with Gasteiger partial charge in [-0.05, 0) is 19.4 Å². The lowest BCUT2D eigenvalue weighted by Crippen LogP contribution is -2.46. The molecule has 0 aromatic carbocycles. The first kappa shape index (κ1) is 14.4. The number of carboxylic acid groups (broad SMARTS) is 1. The molecule has 17 heavy (non-hydrogen) atoms. The zero-order valence-corrected chi connectivity index (χ0v) is 10.9. The molecule has 1 aliphatic rings. The van der Waals surface area contributed by atoms with Gasteiger partial charge in [-0.1, -0.05) is 13.3 Å². The van der Waals surface area contributed by atoms with E-state index < -0.39 is 21.7 Å². The van der Waals surface area contributed by atoms with Gasteiger partial charge in [-0.2, -0.15) is 0 Å². The fourth-order valence-electron chi connectivity index (χ4n) is 2.01. The molecule has 2 N–H and O–H groups in total. The molecule has 0 aromatic rings. The second kappa shape index (κ2) is 6.32. The molecule has 6 nitrogen and oxygen atoms in total. The number of nitrogens with one attached hydrogen (secondary N) is 1. The van der Waals surface area contributed by atoms with Gasteiger partial charge in [-0.3, -0.25) is 4.79 Å². The predicted molar refractivity (Wildman–Crippen MR) is 64.3 cm³/mol. The van der Waals surface area contributed by atoms with Crippen molar-refractivity contribution >= 4 is 16.0 Å². The number of aliphatic carboxylic acids is 1. The number of nitrogens with zero attached hydrogens (tertiary/aromatic N) is 1. The van der Waals surface area contributed by atoms with Gasteiger partial charge >= 0.3 is 5.97 Å². The second-order valence-electron chi connectivity index (χ2n) is 4.25. The molecule has 0 bridgehead atoms. The Balaban J connectivity index is 2.60. The second-order valence-corrected chi connectivity index (χ2v) is 6.22. The lowest BCUT2D eigenvalue weighted by molar-refractivity contribution is -0.134. The molecule has 7 heteroatoms. The van der Waals surface area contributed by atoms with Crippen molar-refractivity contribution in [2.24, 2.45) is 0 Å². The molecule has 1 saturated heterocycles. The van der Waals surface area contributed by atoms with Crippen molar-refractivity contribution in [2.75, 3.05) is 25.4 Å². The molecule has 1 rings (SSSR count). The summed E-state index contributed by atoms with van der Waals surface area (Å²) in [6, 6.07) is 0.146. The lowest BCUT2D eigenvalue weighted by Gasteiger charge is -2.29. The highest BCUT2D eigenvalue weighted by Crippen LogP contribution is 2.11. The van der Waals surface area contributed by atoms with Crippen LogP contribution in [0.4, 0.5) is 0 Å². The smallest absolute Gasteiger partial charge is 0.320 e. The average molecular weight is 264 g/mol. The molecule has 100 valence electrons. The summed E-state index contributed by atoms with van der Waals surface area (Å²) in [5.41, 5.74) is 0. The van der Waals surface area contributed by atoms with E-state index in [1.807, 2.05) is 0 Å². The highest BCUT2D eigenvalue weighted by Gasteiger charge is 2.26. The molecule has 0 saturated carbocycles. The summed E-state index contributed by atoms with van der Waals surface area (Å²) in [5, 5.41) is 11.8. The van der Waals surface area contributed by atoms with Crippen molar-refractivity contribution in [2.45, 2.75) is 32.2 Å². The van der Waals surface area contributed by atoms with E-state index in [4.69, 9.17) is 5.11 Å². The molecule has 0 aromatic heterocycles. The molecule has 1 atom stereocenters. The van der Waals surface area contributed by atoms with Gasteiger partial charge in [0.25, 0.3) is 0 Å². The van der Waals surface area contributed by atoms with Crippen LogP contribution in [0.2, 0.25) is 0 Å². The van der Waals surface area contributed by atoms with Crippen molar-refractivity contribution in [3.05, 3.63) is 0 Å². The van der Waals surface area contributed by atoms with E-state index in [2.05, 4.69) is 5.32 Å². The van der Waals surface area contributed by atoms with Gasteiger partial charge in [0, 0.05) is 19.1 Å². The zero-order chi connectivity index (χ0) is 12.9. The van der Waals surface area contributed by atoms with Crippen LogP contribution in [0.25, 0.3) is 0 Å². The molecule has 1 unspecified atom stereocenters. The van der Waals surface area contributed by atoms with E-state index in [1.165, 1.54) is 4.31 Å². The number of sulfonamides is 1. The Labute approximate surface area is 102 Å². The normalized spacial score (nSPS) is 21.6. The van der Waals surface area contributed by atoms with Crippen LogP contribution in [0.1, 0.15) is 26.2 Å². The minimum Gasteiger partial charge on any atom is -0.480 e. The Morgan fingerprint density at radius 1 is 1.47 bits per heavy atom. The van der Waals surface area contributed by atoms with Crippen LogP contribution in [0, 0.1) is 0 Å². The average Bonchev–Trinajstić information content (AvgIpc) is 2.25. The van der Waals surface area contributed by atoms with E-state index >= 15 is 0 Å². The summed E-state index contributed by atoms with van der Waals surface area (Å²) >= 11 is 0. The first-order valence-corrected chi connectivity index (χ1v) is 7.49. The SMILES string of the molecule is CCN(CC1CCCCN1)S(=O)(=O)CC(=O)O. The van der Waals surface area contributed by atoms with Gasteiger partial charge in [0.2, 0.25) is 10.0 Å². The molecule has 0 amide bonds. The van der Waals surface area contributed by atoms with Gasteiger partial charge in [-0.25, -0.2) is 12.7 Å². The Hall–Kier alpha value is -0.660. The maximum atomic E-state index is 11.8. The maximum Gasteiger partial charge on any atom is 0.320 e. The molecule has 0 aliphatic carbocycles. The molecule has 1 aliphatic heterocycles. The molecule has 1 heterocycles. The number of carbonyl (C=O) groups is 1. The van der Waals surface area contributed by atoms with Gasteiger partial charge in [0.15, 0.2) is 5.75 Å². The molecular formula is C10H20N2O4S. The van der Waals surface area contributed by atoms with Crippen LogP contribution in [-0.2, 0) is 14.8 Å². The zero-order valence-electron chi connectivity index (χ0n) is 10.1. The number of carboxylic acids is 1. The van der Waals surface area contributed by atoms with E-state index in [0.717, 1.165) is 25.8 Å². The Kier molecular flexibility index (Phi) is 5.35. The number of hydrogen-bond acceptors (Lipinski definition) is 4. The lowest BCUT2D eigenvalue weighted by atomic mass is 10.1. The number of likely N-dealkylation sites (N-methyl/N-ethyl adjacent to an activating group) is 1. The Bertz CT molecular complexity index is 349. The summed E-state index contributed by atoms with van der Waals surface area (Å²) in [5.74, 6) is -2.13. The van der Waals surface area contributed by atoms with Crippen LogP contribution >= 0.6 is 0 Å². The van der Waals surface area contributed by atoms with Crippen molar-refractivity contribution in [3.8, 4) is 0 Å². The van der Waals surface area contributed by atoms with Gasteiger partial charge in [0.05, 0.1) is 0 Å². The first-order valence-electron chi connectivity index (χ1n) is 5.88. The molecular weight excluding hydrogens is 244 g/mol. The minimum atomic E-state index is -3.68. The fourth-order valence-corrected chi connectivity index (χ4v) is 3.31. The maximum absolute atomic E-state index is 11.8. The van der Waals surface area contributed by atoms with Crippen molar-refractivity contribution < 1.29 is 18.3 Å². The van der Waals surface area contributed by atoms with E-state index in [-0.39, 0.29) is 6.04 Å². The van der Waals surface area contributed by atoms with Crippen LogP contribution < -0.4 is 5.32 Å². The Morgan fingerprint density at radius 3 is 2.65 bits per heavy atom. The van der Waals surface area contributed by atoms with E-state index in [1.54, 1.807) is 6.92 Å². The monoisotopic (exact) mass is 264 g/mol. The van der Waals surface area contributed by atoms with Crippen LogP contribution in [0.15, 0.2) is 0 Å². The third-order valence-electron chi connectivity index (χ3n) is 2.89. The first-order chi connectivity index (χ1) is 7.95. The highest BCUT2D eigenvalue weighted by atomic mass is 32.2. The van der Waals surface area contributed by atoms with E-state index in [0.29, 0.717) is 13.1 Å². The highest BCUT2D eigenvalue weighted by molar-refractivity contribution is 7.89. The number of hydrogen-bond donors (Lipinski definition) is 2. The summed E-state index contributed by atoms with van der Waals surface area (Å²) in [7, 11) is -3.68. The summed E-state index contributed by atoms with van der Waals surface area (Å²) in [6.07, 6.45) is 3.15. The van der Waals surface area contributed by atoms with Crippen molar-refractivity contribution in [1.82, 2.24) is 9.62 Å². The van der Waals surface area contributed by atoms with Gasteiger partial charge in [-0.15, -0.1) is 0 Å². The summed E-state index contributed by atoms with van der Waals surface area (Å²) < 4.78 is 24.8. The fraction of sp³-hybridized carbons (Fsp3) is 0.900. The summed E-state index contributed by atoms with van der Waals surface area (Å²) in [6.45, 7) is 3.31. The third kappa shape index (κ3) is 4.61. The van der Waals surface area contributed by atoms with Crippen LogP contribution in [0.5, 0.6) is 0 Å². The number of piperidine rings is 1. The predicted octanol–water partition coefficient (Wildman–Crippen LogP) is -0.135. The summed E-state index contributed by atoms with van der Waals surface area (Å²) in [4.78, 5) is 10.5. The van der Waals surface area contributed by atoms with Gasteiger partial charge in [0.1, 0.15) is 0 Å². The van der Waals surface area contributed by atoms with Crippen molar-refractivity contribution in [1.29, 1.82) is 0 Å². The van der Waals surface area contributed by atoms with Crippen molar-refractivity contribution in [3.63, 3.8) is 0 Å². The third-order valence-corrected chi connectivity index (χ3v) is 4.69. The van der Waals surface area contributed by atoms with Crippen LogP contribution in [-0.4, -0.2) is 55.2 Å². The Morgan fingerprint density at radius 2 is 2.18 bits per heavy atom. The van der Waals surface area contributed by atoms with Crippen LogP contribution in [0.3, 0.4) is 0 Å².